The van der Waals surface area contributed by atoms with Gasteiger partial charge in [-0.05, 0) is 0 Å². The van der Waals surface area contributed by atoms with Crippen LogP contribution in [0.1, 0.15) is 6.42 Å². The Labute approximate surface area is 63.8 Å². The lowest BCUT2D eigenvalue weighted by molar-refractivity contribution is -0.251. The van der Waals surface area contributed by atoms with Crippen molar-refractivity contribution in [3.8, 4) is 0 Å². The highest BCUT2D eigenvalue weighted by molar-refractivity contribution is 4.79. The van der Waals surface area contributed by atoms with Gasteiger partial charge in [0.05, 0.1) is 18.8 Å². The summed E-state index contributed by atoms with van der Waals surface area (Å²) in [6.07, 6.45) is -4.11. The minimum absolute atomic E-state index is 0.148. The Bertz CT molecular complexity index is 116. The molecule has 0 spiro atoms. The van der Waals surface area contributed by atoms with Gasteiger partial charge in [0.2, 0.25) is 0 Å². The summed E-state index contributed by atoms with van der Waals surface area (Å²) in [5.74, 6) is 0. The molecule has 1 fully saturated rings. The summed E-state index contributed by atoms with van der Waals surface area (Å²) in [4.78, 5) is 0. The van der Waals surface area contributed by atoms with Crippen LogP contribution in [0, 0.1) is 0 Å². The van der Waals surface area contributed by atoms with Gasteiger partial charge >= 0.3 is 0 Å². The van der Waals surface area contributed by atoms with Gasteiger partial charge in [0.25, 0.3) is 0 Å². The van der Waals surface area contributed by atoms with Crippen molar-refractivity contribution < 1.29 is 25.2 Å². The van der Waals surface area contributed by atoms with Crippen molar-refractivity contribution in [1.29, 1.82) is 0 Å². The van der Waals surface area contributed by atoms with Crippen molar-refractivity contribution in [3.05, 3.63) is 0 Å². The van der Waals surface area contributed by atoms with Gasteiger partial charge in [-0.25, -0.2) is 0 Å². The zero-order chi connectivity index (χ0) is 8.43. The summed E-state index contributed by atoms with van der Waals surface area (Å²) < 4.78 is 4.71. The van der Waals surface area contributed by atoms with Gasteiger partial charge in [0.15, 0.2) is 6.29 Å². The predicted molar refractivity (Wildman–Crippen MR) is 34.6 cm³/mol. The number of hydrogen-bond donors (Lipinski definition) is 4. The van der Waals surface area contributed by atoms with Gasteiger partial charge in [-0.3, -0.25) is 0 Å². The molecule has 5 nitrogen and oxygen atoms in total. The van der Waals surface area contributed by atoms with Crippen molar-refractivity contribution >= 4 is 0 Å². The third kappa shape index (κ3) is 1.88. The van der Waals surface area contributed by atoms with E-state index in [9.17, 15) is 0 Å². The smallest absolute Gasteiger partial charge is 0.183 e. The SMILES string of the molecule is OC[C@@H]1C[C@@H](O)[C@H](O)C(O)O1. The first-order valence-electron chi connectivity index (χ1n) is 3.45. The Kier molecular flexibility index (Phi) is 2.80. The van der Waals surface area contributed by atoms with E-state index < -0.39 is 24.6 Å². The quantitative estimate of drug-likeness (QED) is 0.353. The minimum atomic E-state index is -1.39. The summed E-state index contributed by atoms with van der Waals surface area (Å²) in [7, 11) is 0. The largest absolute Gasteiger partial charge is 0.394 e. The summed E-state index contributed by atoms with van der Waals surface area (Å²) in [6, 6.07) is 0. The molecule has 1 heterocycles. The fraction of sp³-hybridized carbons (Fsp3) is 1.00. The molecule has 1 unspecified atom stereocenters. The van der Waals surface area contributed by atoms with E-state index in [1.54, 1.807) is 0 Å². The normalized spacial score (nSPS) is 45.8. The number of hydrogen-bond acceptors (Lipinski definition) is 5. The zero-order valence-corrected chi connectivity index (χ0v) is 5.92. The van der Waals surface area contributed by atoms with Crippen molar-refractivity contribution in [2.24, 2.45) is 0 Å². The maximum atomic E-state index is 9.05. The molecule has 0 aliphatic carbocycles. The fourth-order valence-electron chi connectivity index (χ4n) is 1.05. The van der Waals surface area contributed by atoms with Gasteiger partial charge in [-0.1, -0.05) is 0 Å². The minimum Gasteiger partial charge on any atom is -0.394 e. The number of aliphatic hydroxyl groups is 4. The molecule has 0 aromatic carbocycles. The Hall–Kier alpha value is -0.200. The highest BCUT2D eigenvalue weighted by Gasteiger charge is 2.34. The zero-order valence-electron chi connectivity index (χ0n) is 5.92. The van der Waals surface area contributed by atoms with E-state index in [2.05, 4.69) is 0 Å². The van der Waals surface area contributed by atoms with Crippen LogP contribution in [-0.2, 0) is 4.74 Å². The van der Waals surface area contributed by atoms with Gasteiger partial charge < -0.3 is 25.2 Å². The molecule has 1 aliphatic heterocycles. The molecule has 66 valence electrons. The molecule has 0 radical (unpaired) electrons. The summed E-state index contributed by atoms with van der Waals surface area (Å²) in [5, 5.41) is 35.5. The lowest BCUT2D eigenvalue weighted by Gasteiger charge is -2.33. The van der Waals surface area contributed by atoms with Crippen molar-refractivity contribution in [2.75, 3.05) is 6.61 Å². The van der Waals surface area contributed by atoms with E-state index in [1.165, 1.54) is 0 Å². The average molecular weight is 164 g/mol. The maximum Gasteiger partial charge on any atom is 0.183 e. The topological polar surface area (TPSA) is 90.2 Å². The maximum absolute atomic E-state index is 9.05. The molecule has 5 heteroatoms. The highest BCUT2D eigenvalue weighted by Crippen LogP contribution is 2.17. The van der Waals surface area contributed by atoms with Crippen LogP contribution in [0.4, 0.5) is 0 Å². The van der Waals surface area contributed by atoms with E-state index in [-0.39, 0.29) is 13.0 Å². The Morgan fingerprint density at radius 2 is 1.91 bits per heavy atom. The van der Waals surface area contributed by atoms with E-state index >= 15 is 0 Å². The number of ether oxygens (including phenoxy) is 1. The van der Waals surface area contributed by atoms with Crippen LogP contribution >= 0.6 is 0 Å². The van der Waals surface area contributed by atoms with Crippen LogP contribution in [0.3, 0.4) is 0 Å². The lowest BCUT2D eigenvalue weighted by atomic mass is 10.0. The second kappa shape index (κ2) is 3.46. The van der Waals surface area contributed by atoms with Crippen LogP contribution in [0.15, 0.2) is 0 Å². The lowest BCUT2D eigenvalue weighted by Crippen LogP contribution is -2.49. The molecule has 0 aromatic heterocycles. The molecular formula is C6H12O5. The summed E-state index contributed by atoms with van der Waals surface area (Å²) in [6.45, 7) is -0.263. The fourth-order valence-corrected chi connectivity index (χ4v) is 1.05. The second-order valence-corrected chi connectivity index (χ2v) is 2.62. The second-order valence-electron chi connectivity index (χ2n) is 2.62. The molecule has 0 amide bonds. The number of aliphatic hydroxyl groups excluding tert-OH is 4. The first-order chi connectivity index (χ1) is 5.15. The van der Waals surface area contributed by atoms with Gasteiger partial charge in [-0.2, -0.15) is 0 Å². The van der Waals surface area contributed by atoms with E-state index in [1.807, 2.05) is 0 Å². The van der Waals surface area contributed by atoms with Crippen molar-refractivity contribution in [2.45, 2.75) is 31.0 Å². The Morgan fingerprint density at radius 3 is 2.36 bits per heavy atom. The predicted octanol–water partition coefficient (Wildman–Crippen LogP) is -2.19. The standard InChI is InChI=1S/C6H12O5/c7-2-3-1-4(8)5(9)6(10)11-3/h3-10H,1-2H2/t3-,4+,5-,6?/m0/s1. The molecule has 0 saturated carbocycles. The summed E-state index contributed by atoms with van der Waals surface area (Å²) in [5.41, 5.74) is 0. The molecule has 1 aliphatic rings. The van der Waals surface area contributed by atoms with E-state index in [0.29, 0.717) is 0 Å². The van der Waals surface area contributed by atoms with Crippen LogP contribution in [0.5, 0.6) is 0 Å². The van der Waals surface area contributed by atoms with Crippen molar-refractivity contribution in [1.82, 2.24) is 0 Å². The Balaban J connectivity index is 2.47. The van der Waals surface area contributed by atoms with E-state index in [4.69, 9.17) is 25.2 Å². The molecule has 4 atom stereocenters. The molecule has 11 heavy (non-hydrogen) atoms. The molecule has 0 bridgehead atoms. The monoisotopic (exact) mass is 164 g/mol. The van der Waals surface area contributed by atoms with Crippen molar-refractivity contribution in [3.63, 3.8) is 0 Å². The summed E-state index contributed by atoms with van der Waals surface area (Å²) >= 11 is 0. The molecule has 1 rings (SSSR count). The van der Waals surface area contributed by atoms with E-state index in [0.717, 1.165) is 0 Å². The first-order valence-corrected chi connectivity index (χ1v) is 3.45. The highest BCUT2D eigenvalue weighted by atomic mass is 16.6. The first kappa shape index (κ1) is 8.89. The van der Waals surface area contributed by atoms with Crippen LogP contribution in [-0.4, -0.2) is 51.6 Å². The molecule has 0 aromatic rings. The molecular weight excluding hydrogens is 152 g/mol. The van der Waals surface area contributed by atoms with Gasteiger partial charge in [0, 0.05) is 6.42 Å². The van der Waals surface area contributed by atoms with Crippen LogP contribution in [0.25, 0.3) is 0 Å². The van der Waals surface area contributed by atoms with Crippen LogP contribution in [0.2, 0.25) is 0 Å². The molecule has 4 N–H and O–H groups in total. The van der Waals surface area contributed by atoms with Crippen LogP contribution < -0.4 is 0 Å². The Morgan fingerprint density at radius 1 is 1.27 bits per heavy atom. The average Bonchev–Trinajstić information content (AvgIpc) is 1.99. The van der Waals surface area contributed by atoms with Gasteiger partial charge in [0.1, 0.15) is 6.10 Å². The number of rotatable bonds is 1. The molecule has 1 saturated heterocycles. The van der Waals surface area contributed by atoms with Gasteiger partial charge in [-0.15, -0.1) is 0 Å². The third-order valence-corrected chi connectivity index (χ3v) is 1.73. The third-order valence-electron chi connectivity index (χ3n) is 1.73.